The van der Waals surface area contributed by atoms with E-state index in [0.717, 1.165) is 0 Å². The third-order valence-corrected chi connectivity index (χ3v) is 4.91. The molecule has 0 spiro atoms. The molecule has 1 atom stereocenters. The van der Waals surface area contributed by atoms with Crippen LogP contribution < -0.4 is 10.6 Å². The van der Waals surface area contributed by atoms with Crippen molar-refractivity contribution in [2.45, 2.75) is 30.5 Å². The number of hydrogen-bond acceptors (Lipinski definition) is 6. The molecule has 0 radical (unpaired) electrons. The van der Waals surface area contributed by atoms with E-state index in [1.54, 1.807) is 32.4 Å². The second-order valence-electron chi connectivity index (χ2n) is 5.26. The molecule has 0 aliphatic rings. The van der Waals surface area contributed by atoms with Crippen molar-refractivity contribution in [3.63, 3.8) is 0 Å². The summed E-state index contributed by atoms with van der Waals surface area (Å²) in [6.07, 6.45) is 5.17. The van der Waals surface area contributed by atoms with Crippen molar-refractivity contribution < 1.29 is 9.18 Å². The van der Waals surface area contributed by atoms with Gasteiger partial charge in [-0.1, -0.05) is 30.3 Å². The third-order valence-electron chi connectivity index (χ3n) is 3.18. The standard InChI is InChI=1S/C17H21ClFN5OS/c1-4-14(26-17-15(18)24-11(2)8-23-17)16(25)22-10-13(9-21-3)5-12(6-19)7-20/h5,8-9,14,21H,4,6,10H2,1-3H3,(H,22,25)/b12-5+,13-9+. The van der Waals surface area contributed by atoms with Gasteiger partial charge >= 0.3 is 0 Å². The predicted molar refractivity (Wildman–Crippen MR) is 102 cm³/mol. The highest BCUT2D eigenvalue weighted by Crippen LogP contribution is 2.28. The summed E-state index contributed by atoms with van der Waals surface area (Å²) in [5, 5.41) is 14.8. The number of amides is 1. The van der Waals surface area contributed by atoms with E-state index < -0.39 is 11.9 Å². The van der Waals surface area contributed by atoms with Gasteiger partial charge in [0.25, 0.3) is 0 Å². The number of allylic oxidation sites excluding steroid dienone is 1. The van der Waals surface area contributed by atoms with E-state index in [-0.39, 0.29) is 23.2 Å². The number of nitrogens with one attached hydrogen (secondary N) is 2. The van der Waals surface area contributed by atoms with E-state index in [2.05, 4.69) is 20.6 Å². The fourth-order valence-electron chi connectivity index (χ4n) is 1.93. The number of nitrogens with zero attached hydrogens (tertiary/aromatic N) is 3. The molecule has 6 nitrogen and oxygen atoms in total. The normalized spacial score (nSPS) is 13.1. The zero-order valence-corrected chi connectivity index (χ0v) is 16.4. The minimum absolute atomic E-state index is 0.0103. The largest absolute Gasteiger partial charge is 0.394 e. The quantitative estimate of drug-likeness (QED) is 0.378. The molecule has 0 fully saturated rings. The van der Waals surface area contributed by atoms with Crippen LogP contribution >= 0.6 is 23.4 Å². The van der Waals surface area contributed by atoms with E-state index in [4.69, 9.17) is 16.9 Å². The molecule has 0 saturated carbocycles. The predicted octanol–water partition coefficient (Wildman–Crippen LogP) is 2.95. The maximum absolute atomic E-state index is 12.7. The van der Waals surface area contributed by atoms with E-state index in [1.165, 1.54) is 17.8 Å². The van der Waals surface area contributed by atoms with Gasteiger partial charge in [0, 0.05) is 26.0 Å². The first-order chi connectivity index (χ1) is 12.4. The Kier molecular flexibility index (Phi) is 9.70. The maximum atomic E-state index is 12.7. The second-order valence-corrected chi connectivity index (χ2v) is 6.81. The molecule has 9 heteroatoms. The number of aryl methyl sites for hydroxylation is 1. The molecular formula is C17H21ClFN5OS. The Morgan fingerprint density at radius 2 is 2.31 bits per heavy atom. The summed E-state index contributed by atoms with van der Waals surface area (Å²) in [5.74, 6) is -0.204. The van der Waals surface area contributed by atoms with Gasteiger partial charge in [-0.05, 0) is 25.0 Å². The SMILES string of the molecule is CCC(Sc1ncc(C)nc1Cl)C(=O)NCC(/C=C(/C#N)CF)=C/NC. The molecule has 1 aromatic rings. The first-order valence-electron chi connectivity index (χ1n) is 7.91. The van der Waals surface area contributed by atoms with Crippen LogP contribution in [0.1, 0.15) is 19.0 Å². The summed E-state index contributed by atoms with van der Waals surface area (Å²) in [4.78, 5) is 20.8. The Morgan fingerprint density at radius 1 is 1.58 bits per heavy atom. The molecule has 0 aliphatic carbocycles. The average Bonchev–Trinajstić information content (AvgIpc) is 2.63. The molecule has 2 N–H and O–H groups in total. The van der Waals surface area contributed by atoms with Crippen molar-refractivity contribution in [3.05, 3.63) is 40.5 Å². The molecule has 1 heterocycles. The van der Waals surface area contributed by atoms with Crippen LogP contribution in [0.15, 0.2) is 34.6 Å². The van der Waals surface area contributed by atoms with Crippen LogP contribution in [0.25, 0.3) is 0 Å². The van der Waals surface area contributed by atoms with Gasteiger partial charge in [-0.2, -0.15) is 5.26 Å². The fraction of sp³-hybridized carbons (Fsp3) is 0.412. The van der Waals surface area contributed by atoms with Gasteiger partial charge in [0.15, 0.2) is 5.15 Å². The lowest BCUT2D eigenvalue weighted by molar-refractivity contribution is -0.120. The first kappa shape index (κ1) is 21.9. The maximum Gasteiger partial charge on any atom is 0.233 e. The summed E-state index contributed by atoms with van der Waals surface area (Å²) in [6.45, 7) is 2.97. The highest BCUT2D eigenvalue weighted by atomic mass is 35.5. The van der Waals surface area contributed by atoms with Gasteiger partial charge in [0.2, 0.25) is 5.91 Å². The van der Waals surface area contributed by atoms with Crippen molar-refractivity contribution in [2.24, 2.45) is 0 Å². The van der Waals surface area contributed by atoms with Crippen molar-refractivity contribution >= 4 is 29.3 Å². The zero-order chi connectivity index (χ0) is 19.5. The Balaban J connectivity index is 2.78. The number of hydrogen-bond donors (Lipinski definition) is 2. The molecule has 1 rings (SSSR count). The number of carbonyl (C=O) groups excluding carboxylic acids is 1. The monoisotopic (exact) mass is 397 g/mol. The molecule has 0 aromatic carbocycles. The van der Waals surface area contributed by atoms with Crippen molar-refractivity contribution in [1.29, 1.82) is 5.26 Å². The fourth-order valence-corrected chi connectivity index (χ4v) is 3.13. The van der Waals surface area contributed by atoms with Crippen LogP contribution in [0.2, 0.25) is 5.15 Å². The minimum atomic E-state index is -0.858. The summed E-state index contributed by atoms with van der Waals surface area (Å²) in [6, 6.07) is 1.78. The molecule has 0 bridgehead atoms. The summed E-state index contributed by atoms with van der Waals surface area (Å²) < 4.78 is 12.7. The molecule has 0 aliphatic heterocycles. The van der Waals surface area contributed by atoms with Gasteiger partial charge in [-0.15, -0.1) is 0 Å². The molecule has 1 aromatic heterocycles. The third kappa shape index (κ3) is 7.02. The van der Waals surface area contributed by atoms with Gasteiger partial charge in [0.05, 0.1) is 22.6 Å². The lowest BCUT2D eigenvalue weighted by Crippen LogP contribution is -2.33. The van der Waals surface area contributed by atoms with E-state index in [1.807, 2.05) is 6.92 Å². The summed E-state index contributed by atoms with van der Waals surface area (Å²) in [7, 11) is 1.68. The van der Waals surface area contributed by atoms with E-state index in [9.17, 15) is 9.18 Å². The molecule has 1 unspecified atom stereocenters. The first-order valence-corrected chi connectivity index (χ1v) is 9.17. The van der Waals surface area contributed by atoms with Crippen LogP contribution in [0, 0.1) is 18.3 Å². The van der Waals surface area contributed by atoms with Crippen molar-refractivity contribution in [2.75, 3.05) is 20.3 Å². The number of alkyl halides is 1. The average molecular weight is 398 g/mol. The van der Waals surface area contributed by atoms with Crippen LogP contribution in [0.5, 0.6) is 0 Å². The number of carbonyl (C=O) groups is 1. The van der Waals surface area contributed by atoms with Crippen molar-refractivity contribution in [3.8, 4) is 6.07 Å². The Bertz CT molecular complexity index is 732. The highest BCUT2D eigenvalue weighted by molar-refractivity contribution is 8.00. The molecule has 26 heavy (non-hydrogen) atoms. The van der Waals surface area contributed by atoms with Gasteiger partial charge in [-0.25, -0.2) is 14.4 Å². The second kappa shape index (κ2) is 11.5. The number of aromatic nitrogens is 2. The Hall–Kier alpha value is -2.11. The lowest BCUT2D eigenvalue weighted by Gasteiger charge is -2.15. The minimum Gasteiger partial charge on any atom is -0.394 e. The van der Waals surface area contributed by atoms with Gasteiger partial charge in [0.1, 0.15) is 11.7 Å². The van der Waals surface area contributed by atoms with Crippen LogP contribution in [-0.2, 0) is 4.79 Å². The highest BCUT2D eigenvalue weighted by Gasteiger charge is 2.20. The molecule has 140 valence electrons. The zero-order valence-electron chi connectivity index (χ0n) is 14.8. The molecule has 1 amide bonds. The van der Waals surface area contributed by atoms with Crippen molar-refractivity contribution in [1.82, 2.24) is 20.6 Å². The summed E-state index contributed by atoms with van der Waals surface area (Å²) >= 11 is 7.32. The Morgan fingerprint density at radius 3 is 2.85 bits per heavy atom. The smallest absolute Gasteiger partial charge is 0.233 e. The van der Waals surface area contributed by atoms with Crippen LogP contribution in [0.3, 0.4) is 0 Å². The number of thioether (sulfide) groups is 1. The number of nitriles is 1. The summed E-state index contributed by atoms with van der Waals surface area (Å²) in [5.41, 5.74) is 1.28. The lowest BCUT2D eigenvalue weighted by atomic mass is 10.2. The molecular weight excluding hydrogens is 377 g/mol. The van der Waals surface area contributed by atoms with E-state index >= 15 is 0 Å². The van der Waals surface area contributed by atoms with E-state index in [0.29, 0.717) is 22.7 Å². The molecule has 0 saturated heterocycles. The van der Waals surface area contributed by atoms with Crippen LogP contribution in [0.4, 0.5) is 4.39 Å². The van der Waals surface area contributed by atoms with Gasteiger partial charge < -0.3 is 10.6 Å². The van der Waals surface area contributed by atoms with Crippen LogP contribution in [-0.4, -0.2) is 41.4 Å². The topological polar surface area (TPSA) is 90.7 Å². The van der Waals surface area contributed by atoms with Gasteiger partial charge in [-0.3, -0.25) is 4.79 Å². The number of rotatable bonds is 9. The number of halogens is 2. The Labute approximate surface area is 161 Å².